The van der Waals surface area contributed by atoms with Gasteiger partial charge in [-0.2, -0.15) is 5.10 Å². The molecule has 2 aromatic carbocycles. The van der Waals surface area contributed by atoms with Crippen LogP contribution in [-0.2, 0) is 0 Å². The molecule has 20 heavy (non-hydrogen) atoms. The van der Waals surface area contributed by atoms with Gasteiger partial charge in [0.15, 0.2) is 0 Å². The van der Waals surface area contributed by atoms with Gasteiger partial charge in [-0.25, -0.2) is 4.79 Å². The molecule has 102 valence electrons. The van der Waals surface area contributed by atoms with Crippen molar-refractivity contribution in [3.05, 3.63) is 59.7 Å². The zero-order valence-electron chi connectivity index (χ0n) is 11.0. The molecule has 0 aromatic heterocycles. The number of nitrogen functional groups attached to an aromatic ring is 1. The summed E-state index contributed by atoms with van der Waals surface area (Å²) in [7, 11) is 0. The third-order valence-corrected chi connectivity index (χ3v) is 2.79. The van der Waals surface area contributed by atoms with Gasteiger partial charge in [0.1, 0.15) is 0 Å². The number of aromatic carboxylic acids is 1. The van der Waals surface area contributed by atoms with Crippen LogP contribution < -0.4 is 11.2 Å². The Morgan fingerprint density at radius 3 is 2.45 bits per heavy atom. The largest absolute Gasteiger partial charge is 0.478 e. The van der Waals surface area contributed by atoms with Crippen LogP contribution in [0.1, 0.15) is 22.8 Å². The number of hydrogen-bond acceptors (Lipinski definition) is 4. The van der Waals surface area contributed by atoms with E-state index in [4.69, 9.17) is 10.8 Å². The second kappa shape index (κ2) is 5.88. The molecule has 0 saturated heterocycles. The molecule has 0 fully saturated rings. The van der Waals surface area contributed by atoms with Gasteiger partial charge in [-0.3, -0.25) is 5.43 Å². The fourth-order valence-corrected chi connectivity index (χ4v) is 1.66. The van der Waals surface area contributed by atoms with Gasteiger partial charge in [0.25, 0.3) is 0 Å². The number of carboxylic acids is 1. The number of nitrogens with zero attached hydrogens (tertiary/aromatic N) is 1. The highest BCUT2D eigenvalue weighted by molar-refractivity contribution is 5.99. The molecule has 2 aromatic rings. The smallest absolute Gasteiger partial charge is 0.335 e. The molecule has 0 aliphatic heterocycles. The Labute approximate surface area is 116 Å². The predicted octanol–water partition coefficient (Wildman–Crippen LogP) is 2.80. The van der Waals surface area contributed by atoms with E-state index in [2.05, 4.69) is 10.5 Å². The molecule has 0 saturated carbocycles. The summed E-state index contributed by atoms with van der Waals surface area (Å²) in [5.41, 5.74) is 12.0. The zero-order valence-corrected chi connectivity index (χ0v) is 11.0. The van der Waals surface area contributed by atoms with Crippen LogP contribution in [0.5, 0.6) is 0 Å². The second-order valence-corrected chi connectivity index (χ2v) is 4.32. The summed E-state index contributed by atoms with van der Waals surface area (Å²) >= 11 is 0. The summed E-state index contributed by atoms with van der Waals surface area (Å²) < 4.78 is 0. The first-order valence-electron chi connectivity index (χ1n) is 6.06. The van der Waals surface area contributed by atoms with E-state index in [0.29, 0.717) is 5.69 Å². The minimum atomic E-state index is -0.948. The molecule has 4 N–H and O–H groups in total. The van der Waals surface area contributed by atoms with Crippen molar-refractivity contribution in [3.63, 3.8) is 0 Å². The SMILES string of the molecule is C/C(=N\Nc1ccc(C(=O)O)cc1)c1cccc(N)c1. The molecule has 0 unspecified atom stereocenters. The first-order chi connectivity index (χ1) is 9.56. The van der Waals surface area contributed by atoms with Crippen molar-refractivity contribution in [3.8, 4) is 0 Å². The van der Waals surface area contributed by atoms with Gasteiger partial charge in [-0.15, -0.1) is 0 Å². The third kappa shape index (κ3) is 3.35. The number of nitrogens with one attached hydrogen (secondary N) is 1. The Hall–Kier alpha value is -2.82. The molecular weight excluding hydrogens is 254 g/mol. The van der Waals surface area contributed by atoms with E-state index in [0.717, 1.165) is 17.0 Å². The van der Waals surface area contributed by atoms with Crippen molar-refractivity contribution in [2.75, 3.05) is 11.2 Å². The van der Waals surface area contributed by atoms with Gasteiger partial charge >= 0.3 is 5.97 Å². The average Bonchev–Trinajstić information content (AvgIpc) is 2.45. The predicted molar refractivity (Wildman–Crippen MR) is 80.1 cm³/mol. The monoisotopic (exact) mass is 269 g/mol. The number of hydrazone groups is 1. The lowest BCUT2D eigenvalue weighted by Crippen LogP contribution is -2.01. The van der Waals surface area contributed by atoms with Crippen LogP contribution in [0, 0.1) is 0 Å². The highest BCUT2D eigenvalue weighted by Gasteiger charge is 2.01. The summed E-state index contributed by atoms with van der Waals surface area (Å²) in [6.07, 6.45) is 0. The number of anilines is 2. The molecular formula is C15H15N3O2. The van der Waals surface area contributed by atoms with E-state index in [-0.39, 0.29) is 5.56 Å². The Bertz CT molecular complexity index is 648. The van der Waals surface area contributed by atoms with Crippen LogP contribution in [0.4, 0.5) is 11.4 Å². The van der Waals surface area contributed by atoms with E-state index in [9.17, 15) is 4.79 Å². The topological polar surface area (TPSA) is 87.7 Å². The van der Waals surface area contributed by atoms with Crippen LogP contribution in [0.25, 0.3) is 0 Å². The maximum absolute atomic E-state index is 10.7. The van der Waals surface area contributed by atoms with E-state index in [1.165, 1.54) is 12.1 Å². The van der Waals surface area contributed by atoms with Crippen molar-refractivity contribution >= 4 is 23.1 Å². The molecule has 0 heterocycles. The van der Waals surface area contributed by atoms with Crippen molar-refractivity contribution in [1.29, 1.82) is 0 Å². The number of hydrogen-bond donors (Lipinski definition) is 3. The quantitative estimate of drug-likeness (QED) is 0.452. The fourth-order valence-electron chi connectivity index (χ4n) is 1.66. The minimum Gasteiger partial charge on any atom is -0.478 e. The van der Waals surface area contributed by atoms with E-state index >= 15 is 0 Å². The zero-order chi connectivity index (χ0) is 14.5. The lowest BCUT2D eigenvalue weighted by Gasteiger charge is -2.05. The number of benzene rings is 2. The van der Waals surface area contributed by atoms with Crippen LogP contribution in [0.15, 0.2) is 53.6 Å². The first-order valence-corrected chi connectivity index (χ1v) is 6.06. The highest BCUT2D eigenvalue weighted by atomic mass is 16.4. The van der Waals surface area contributed by atoms with Gasteiger partial charge in [0.05, 0.1) is 17.0 Å². The van der Waals surface area contributed by atoms with Crippen LogP contribution >= 0.6 is 0 Å². The standard InChI is InChI=1S/C15H15N3O2/c1-10(12-3-2-4-13(16)9-12)17-18-14-7-5-11(6-8-14)15(19)20/h2-9,18H,16H2,1H3,(H,19,20)/b17-10+. The number of carbonyl (C=O) groups is 1. The lowest BCUT2D eigenvalue weighted by molar-refractivity contribution is 0.0697. The number of rotatable bonds is 4. The van der Waals surface area contributed by atoms with Gasteiger partial charge in [-0.05, 0) is 48.9 Å². The van der Waals surface area contributed by atoms with Gasteiger partial charge in [0.2, 0.25) is 0 Å². The molecule has 2 rings (SSSR count). The molecule has 0 aliphatic rings. The molecule has 0 aliphatic carbocycles. The van der Waals surface area contributed by atoms with Crippen molar-refractivity contribution in [2.45, 2.75) is 6.92 Å². The third-order valence-electron chi connectivity index (χ3n) is 2.79. The summed E-state index contributed by atoms with van der Waals surface area (Å²) in [5.74, 6) is -0.948. The number of carboxylic acid groups (broad SMARTS) is 1. The lowest BCUT2D eigenvalue weighted by atomic mass is 10.1. The van der Waals surface area contributed by atoms with Gasteiger partial charge in [-0.1, -0.05) is 12.1 Å². The molecule has 5 heteroatoms. The molecule has 0 atom stereocenters. The summed E-state index contributed by atoms with van der Waals surface area (Å²) in [6.45, 7) is 1.87. The minimum absolute atomic E-state index is 0.243. The first kappa shape index (κ1) is 13.6. The molecule has 5 nitrogen and oxygen atoms in total. The molecule has 0 spiro atoms. The van der Waals surface area contributed by atoms with Crippen molar-refractivity contribution in [1.82, 2.24) is 0 Å². The Balaban J connectivity index is 2.10. The molecule has 0 amide bonds. The van der Waals surface area contributed by atoms with Gasteiger partial charge in [0, 0.05) is 5.69 Å². The van der Waals surface area contributed by atoms with E-state index in [1.54, 1.807) is 12.1 Å². The summed E-state index contributed by atoms with van der Waals surface area (Å²) in [6, 6.07) is 13.8. The van der Waals surface area contributed by atoms with Crippen molar-refractivity contribution in [2.24, 2.45) is 5.10 Å². The Morgan fingerprint density at radius 2 is 1.85 bits per heavy atom. The Morgan fingerprint density at radius 1 is 1.15 bits per heavy atom. The summed E-state index contributed by atoms with van der Waals surface area (Å²) in [4.78, 5) is 10.7. The van der Waals surface area contributed by atoms with Gasteiger partial charge < -0.3 is 10.8 Å². The van der Waals surface area contributed by atoms with Crippen LogP contribution in [0.3, 0.4) is 0 Å². The maximum atomic E-state index is 10.7. The second-order valence-electron chi connectivity index (χ2n) is 4.32. The van der Waals surface area contributed by atoms with E-state index < -0.39 is 5.97 Å². The summed E-state index contributed by atoms with van der Waals surface area (Å²) in [5, 5.41) is 13.1. The fraction of sp³-hybridized carbons (Fsp3) is 0.0667. The number of nitrogens with two attached hydrogens (primary N) is 1. The maximum Gasteiger partial charge on any atom is 0.335 e. The van der Waals surface area contributed by atoms with Crippen LogP contribution in [-0.4, -0.2) is 16.8 Å². The Kier molecular flexibility index (Phi) is 4.00. The normalized spacial score (nSPS) is 11.2. The van der Waals surface area contributed by atoms with Crippen molar-refractivity contribution < 1.29 is 9.90 Å². The van der Waals surface area contributed by atoms with E-state index in [1.807, 2.05) is 31.2 Å². The average molecular weight is 269 g/mol. The van der Waals surface area contributed by atoms with Crippen LogP contribution in [0.2, 0.25) is 0 Å². The molecule has 0 radical (unpaired) electrons. The highest BCUT2D eigenvalue weighted by Crippen LogP contribution is 2.11. The molecule has 0 bridgehead atoms.